The molecule has 2 aromatic rings. The minimum absolute atomic E-state index is 0.0627. The third kappa shape index (κ3) is 2.66. The Kier molecular flexibility index (Phi) is 3.46. The summed E-state index contributed by atoms with van der Waals surface area (Å²) in [5, 5.41) is 4.98. The van der Waals surface area contributed by atoms with Crippen molar-refractivity contribution in [3.05, 3.63) is 32.8 Å². The molecule has 2 rings (SSSR count). The van der Waals surface area contributed by atoms with Crippen molar-refractivity contribution in [3.63, 3.8) is 0 Å². The zero-order valence-corrected chi connectivity index (χ0v) is 10.6. The van der Waals surface area contributed by atoms with E-state index >= 15 is 0 Å². The van der Waals surface area contributed by atoms with Gasteiger partial charge in [0.2, 0.25) is 5.28 Å². The van der Waals surface area contributed by atoms with E-state index in [1.807, 2.05) is 0 Å². The highest BCUT2D eigenvalue weighted by molar-refractivity contribution is 7.12. The average Bonchev–Trinajstić information content (AvgIpc) is 2.71. The SMILES string of the molecule is NC(=O)c1sccc1Nc1nc(Cl)ncc1Cl. The van der Waals surface area contributed by atoms with Crippen LogP contribution in [0, 0.1) is 0 Å². The summed E-state index contributed by atoms with van der Waals surface area (Å²) in [6.45, 7) is 0. The maximum absolute atomic E-state index is 11.1. The Hall–Kier alpha value is -1.37. The van der Waals surface area contributed by atoms with Gasteiger partial charge in [0.15, 0.2) is 5.82 Å². The molecule has 2 heterocycles. The third-order valence-corrected chi connectivity index (χ3v) is 3.24. The summed E-state index contributed by atoms with van der Waals surface area (Å²) in [6.07, 6.45) is 1.37. The Labute approximate surface area is 111 Å². The van der Waals surface area contributed by atoms with Crippen molar-refractivity contribution < 1.29 is 4.79 Å². The first-order valence-electron chi connectivity index (χ1n) is 4.40. The molecule has 0 unspecified atom stereocenters. The van der Waals surface area contributed by atoms with Crippen LogP contribution in [0.3, 0.4) is 0 Å². The summed E-state index contributed by atoms with van der Waals surface area (Å²) < 4.78 is 0. The smallest absolute Gasteiger partial charge is 0.260 e. The molecule has 8 heteroatoms. The number of carbonyl (C=O) groups excluding carboxylic acids is 1. The first kappa shape index (κ1) is 12.1. The van der Waals surface area contributed by atoms with E-state index in [1.165, 1.54) is 17.5 Å². The van der Waals surface area contributed by atoms with Crippen LogP contribution >= 0.6 is 34.5 Å². The molecule has 0 atom stereocenters. The van der Waals surface area contributed by atoms with Gasteiger partial charge in [0.05, 0.1) is 11.9 Å². The molecule has 0 aliphatic heterocycles. The highest BCUT2D eigenvalue weighted by Gasteiger charge is 2.12. The van der Waals surface area contributed by atoms with Gasteiger partial charge >= 0.3 is 0 Å². The van der Waals surface area contributed by atoms with Crippen LogP contribution in [0.15, 0.2) is 17.6 Å². The molecule has 5 nitrogen and oxygen atoms in total. The highest BCUT2D eigenvalue weighted by atomic mass is 35.5. The van der Waals surface area contributed by atoms with Crippen LogP contribution in [0.2, 0.25) is 10.3 Å². The number of nitrogens with one attached hydrogen (secondary N) is 1. The molecule has 0 saturated carbocycles. The van der Waals surface area contributed by atoms with Crippen molar-refractivity contribution in [2.24, 2.45) is 5.73 Å². The van der Waals surface area contributed by atoms with Crippen molar-refractivity contribution in [2.75, 3.05) is 5.32 Å². The first-order chi connectivity index (χ1) is 8.08. The second-order valence-corrected chi connectivity index (χ2v) is 4.65. The molecule has 0 bridgehead atoms. The summed E-state index contributed by atoms with van der Waals surface area (Å²) in [5.74, 6) is -0.189. The van der Waals surface area contributed by atoms with Gasteiger partial charge in [-0.15, -0.1) is 11.3 Å². The van der Waals surface area contributed by atoms with E-state index in [0.717, 1.165) is 0 Å². The standard InChI is InChI=1S/C9H6Cl2N4OS/c10-4-3-13-9(11)15-8(4)14-5-1-2-17-6(5)7(12)16/h1-3H,(H2,12,16)(H,13,14,15). The molecule has 1 amide bonds. The number of anilines is 2. The lowest BCUT2D eigenvalue weighted by Crippen LogP contribution is -2.11. The van der Waals surface area contributed by atoms with E-state index in [4.69, 9.17) is 28.9 Å². The van der Waals surface area contributed by atoms with Crippen molar-refractivity contribution in [1.82, 2.24) is 9.97 Å². The number of aromatic nitrogens is 2. The van der Waals surface area contributed by atoms with Crippen LogP contribution in [-0.2, 0) is 0 Å². The van der Waals surface area contributed by atoms with E-state index in [-0.39, 0.29) is 5.28 Å². The number of rotatable bonds is 3. The number of carbonyl (C=O) groups is 1. The van der Waals surface area contributed by atoms with Crippen LogP contribution in [0.25, 0.3) is 0 Å². The number of thiophene rings is 1. The van der Waals surface area contributed by atoms with Gasteiger partial charge in [-0.1, -0.05) is 11.6 Å². The molecule has 3 N–H and O–H groups in total. The number of nitrogens with zero attached hydrogens (tertiary/aromatic N) is 2. The van der Waals surface area contributed by atoms with Gasteiger partial charge in [-0.25, -0.2) is 4.98 Å². The molecule has 2 aromatic heterocycles. The normalized spacial score (nSPS) is 10.2. The minimum atomic E-state index is -0.515. The molecule has 17 heavy (non-hydrogen) atoms. The number of amides is 1. The minimum Gasteiger partial charge on any atom is -0.365 e. The molecule has 0 aliphatic carbocycles. The summed E-state index contributed by atoms with van der Waals surface area (Å²) in [4.78, 5) is 19.2. The number of hydrogen-bond acceptors (Lipinski definition) is 5. The average molecular weight is 289 g/mol. The Morgan fingerprint density at radius 2 is 2.24 bits per heavy atom. The van der Waals surface area contributed by atoms with E-state index in [0.29, 0.717) is 21.4 Å². The molecule has 0 spiro atoms. The van der Waals surface area contributed by atoms with Gasteiger partial charge in [-0.2, -0.15) is 4.98 Å². The second kappa shape index (κ2) is 4.87. The van der Waals surface area contributed by atoms with Crippen LogP contribution in [-0.4, -0.2) is 15.9 Å². The van der Waals surface area contributed by atoms with E-state index < -0.39 is 5.91 Å². The van der Waals surface area contributed by atoms with Gasteiger partial charge in [-0.05, 0) is 23.0 Å². The first-order valence-corrected chi connectivity index (χ1v) is 6.04. The molecule has 0 saturated heterocycles. The van der Waals surface area contributed by atoms with Crippen molar-refractivity contribution >= 4 is 52.0 Å². The summed E-state index contributed by atoms with van der Waals surface area (Å²) >= 11 is 12.8. The Bertz CT molecular complexity index is 572. The molecule has 88 valence electrons. The summed E-state index contributed by atoms with van der Waals surface area (Å²) in [7, 11) is 0. The maximum Gasteiger partial charge on any atom is 0.260 e. The fourth-order valence-corrected chi connectivity index (χ4v) is 2.13. The van der Waals surface area contributed by atoms with Crippen molar-refractivity contribution in [2.45, 2.75) is 0 Å². The molecular weight excluding hydrogens is 283 g/mol. The zero-order valence-electron chi connectivity index (χ0n) is 8.28. The molecule has 0 aliphatic rings. The number of hydrogen-bond donors (Lipinski definition) is 2. The van der Waals surface area contributed by atoms with Gasteiger partial charge in [-0.3, -0.25) is 4.79 Å². The molecule has 0 fully saturated rings. The van der Waals surface area contributed by atoms with Crippen molar-refractivity contribution in [3.8, 4) is 0 Å². The Morgan fingerprint density at radius 3 is 2.94 bits per heavy atom. The number of nitrogens with two attached hydrogens (primary N) is 1. The Balaban J connectivity index is 2.34. The topological polar surface area (TPSA) is 80.9 Å². The van der Waals surface area contributed by atoms with E-state index in [2.05, 4.69) is 15.3 Å². The van der Waals surface area contributed by atoms with Gasteiger partial charge in [0, 0.05) is 0 Å². The van der Waals surface area contributed by atoms with E-state index in [1.54, 1.807) is 11.4 Å². The van der Waals surface area contributed by atoms with Gasteiger partial charge in [0.1, 0.15) is 9.90 Å². The van der Waals surface area contributed by atoms with Crippen LogP contribution in [0.4, 0.5) is 11.5 Å². The number of primary amides is 1. The van der Waals surface area contributed by atoms with Crippen LogP contribution in [0.1, 0.15) is 9.67 Å². The van der Waals surface area contributed by atoms with Crippen molar-refractivity contribution in [1.29, 1.82) is 0 Å². The second-order valence-electron chi connectivity index (χ2n) is 2.99. The molecular formula is C9H6Cl2N4OS. The van der Waals surface area contributed by atoms with E-state index in [9.17, 15) is 4.79 Å². The Morgan fingerprint density at radius 1 is 1.47 bits per heavy atom. The third-order valence-electron chi connectivity index (χ3n) is 1.86. The zero-order chi connectivity index (χ0) is 12.4. The maximum atomic E-state index is 11.1. The fourth-order valence-electron chi connectivity index (χ4n) is 1.16. The number of halogens is 2. The lowest BCUT2D eigenvalue weighted by molar-refractivity contribution is 0.100. The van der Waals surface area contributed by atoms with Crippen LogP contribution in [0.5, 0.6) is 0 Å². The quantitative estimate of drug-likeness (QED) is 0.851. The fraction of sp³-hybridized carbons (Fsp3) is 0. The highest BCUT2D eigenvalue weighted by Crippen LogP contribution is 2.28. The predicted octanol–water partition coefficient (Wildman–Crippen LogP) is 2.69. The summed E-state index contributed by atoms with van der Waals surface area (Å²) in [5.41, 5.74) is 5.76. The summed E-state index contributed by atoms with van der Waals surface area (Å²) in [6, 6.07) is 1.71. The van der Waals surface area contributed by atoms with Gasteiger partial charge < -0.3 is 11.1 Å². The lowest BCUT2D eigenvalue weighted by Gasteiger charge is -2.06. The monoisotopic (exact) mass is 288 g/mol. The van der Waals surface area contributed by atoms with Gasteiger partial charge in [0.25, 0.3) is 5.91 Å². The molecule has 0 radical (unpaired) electrons. The largest absolute Gasteiger partial charge is 0.365 e. The van der Waals surface area contributed by atoms with Crippen LogP contribution < -0.4 is 11.1 Å². The molecule has 0 aromatic carbocycles. The lowest BCUT2D eigenvalue weighted by atomic mass is 10.3. The predicted molar refractivity (Wildman–Crippen MR) is 68.2 cm³/mol.